The SMILES string of the molecule is COc1ccc([N+](=O)[O-])cc1NC(=O)COC(=O)c1ccc(N(C)C)cc1. The van der Waals surface area contributed by atoms with Gasteiger partial charge < -0.3 is 19.7 Å². The minimum atomic E-state index is -0.651. The number of nitro benzene ring substituents is 1. The Morgan fingerprint density at radius 3 is 2.37 bits per heavy atom. The summed E-state index contributed by atoms with van der Waals surface area (Å²) in [6, 6.07) is 10.5. The first kappa shape index (κ1) is 19.7. The molecule has 1 amide bonds. The lowest BCUT2D eigenvalue weighted by atomic mass is 10.2. The number of carbonyl (C=O) groups excluding carboxylic acids is 2. The van der Waals surface area contributed by atoms with Gasteiger partial charge in [-0.15, -0.1) is 0 Å². The van der Waals surface area contributed by atoms with E-state index in [4.69, 9.17) is 9.47 Å². The molecule has 9 heteroatoms. The van der Waals surface area contributed by atoms with Gasteiger partial charge in [0.05, 0.1) is 23.3 Å². The average molecular weight is 373 g/mol. The Hall–Kier alpha value is -3.62. The highest BCUT2D eigenvalue weighted by atomic mass is 16.6. The van der Waals surface area contributed by atoms with Crippen LogP contribution in [0.1, 0.15) is 10.4 Å². The van der Waals surface area contributed by atoms with Crippen LogP contribution in [0.3, 0.4) is 0 Å². The molecule has 0 unspecified atom stereocenters. The van der Waals surface area contributed by atoms with E-state index in [0.29, 0.717) is 5.56 Å². The van der Waals surface area contributed by atoms with Crippen LogP contribution < -0.4 is 15.0 Å². The lowest BCUT2D eigenvalue weighted by molar-refractivity contribution is -0.384. The second-order valence-corrected chi connectivity index (χ2v) is 5.71. The van der Waals surface area contributed by atoms with Crippen LogP contribution in [0, 0.1) is 10.1 Å². The second-order valence-electron chi connectivity index (χ2n) is 5.71. The zero-order valence-electron chi connectivity index (χ0n) is 15.1. The van der Waals surface area contributed by atoms with Crippen molar-refractivity contribution in [2.45, 2.75) is 0 Å². The molecule has 0 saturated heterocycles. The van der Waals surface area contributed by atoms with Gasteiger partial charge in [0.1, 0.15) is 5.75 Å². The number of methoxy groups -OCH3 is 1. The Morgan fingerprint density at radius 2 is 1.81 bits per heavy atom. The molecule has 2 aromatic carbocycles. The van der Waals surface area contributed by atoms with Crippen LogP contribution in [0.25, 0.3) is 0 Å². The van der Waals surface area contributed by atoms with Crippen LogP contribution >= 0.6 is 0 Å². The van der Waals surface area contributed by atoms with Crippen molar-refractivity contribution in [1.82, 2.24) is 0 Å². The van der Waals surface area contributed by atoms with Gasteiger partial charge in [-0.25, -0.2) is 4.79 Å². The number of nitrogens with one attached hydrogen (secondary N) is 1. The fourth-order valence-corrected chi connectivity index (χ4v) is 2.20. The van der Waals surface area contributed by atoms with Crippen molar-refractivity contribution in [2.75, 3.05) is 38.0 Å². The molecule has 0 spiro atoms. The number of nitro groups is 1. The van der Waals surface area contributed by atoms with E-state index >= 15 is 0 Å². The molecule has 1 N–H and O–H groups in total. The molecule has 0 aliphatic heterocycles. The first-order valence-electron chi connectivity index (χ1n) is 7.88. The highest BCUT2D eigenvalue weighted by Crippen LogP contribution is 2.28. The van der Waals surface area contributed by atoms with Crippen molar-refractivity contribution in [3.8, 4) is 5.75 Å². The van der Waals surface area contributed by atoms with Gasteiger partial charge in [-0.2, -0.15) is 0 Å². The molecule has 0 aliphatic carbocycles. The van der Waals surface area contributed by atoms with Crippen LogP contribution in [-0.4, -0.2) is 44.6 Å². The summed E-state index contributed by atoms with van der Waals surface area (Å²) in [5, 5.41) is 13.3. The number of hydrogen-bond donors (Lipinski definition) is 1. The quantitative estimate of drug-likeness (QED) is 0.451. The minimum absolute atomic E-state index is 0.114. The molecular weight excluding hydrogens is 354 g/mol. The summed E-state index contributed by atoms with van der Waals surface area (Å²) in [4.78, 5) is 36.2. The van der Waals surface area contributed by atoms with Crippen LogP contribution in [0.15, 0.2) is 42.5 Å². The largest absolute Gasteiger partial charge is 0.495 e. The number of non-ortho nitro benzene ring substituents is 1. The number of esters is 1. The minimum Gasteiger partial charge on any atom is -0.495 e. The summed E-state index contributed by atoms with van der Waals surface area (Å²) in [6.45, 7) is -0.542. The number of anilines is 2. The summed E-state index contributed by atoms with van der Waals surface area (Å²) in [7, 11) is 5.12. The fraction of sp³-hybridized carbons (Fsp3) is 0.222. The van der Waals surface area contributed by atoms with Crippen molar-refractivity contribution in [1.29, 1.82) is 0 Å². The summed E-state index contributed by atoms with van der Waals surface area (Å²) >= 11 is 0. The predicted octanol–water partition coefficient (Wildman–Crippen LogP) is 2.46. The maximum Gasteiger partial charge on any atom is 0.338 e. The monoisotopic (exact) mass is 373 g/mol. The molecule has 27 heavy (non-hydrogen) atoms. The van der Waals surface area contributed by atoms with Gasteiger partial charge in [0, 0.05) is 31.9 Å². The Bertz CT molecular complexity index is 849. The Labute approximate surface area is 155 Å². The smallest absolute Gasteiger partial charge is 0.338 e. The van der Waals surface area contributed by atoms with Crippen molar-refractivity contribution < 1.29 is 24.0 Å². The topological polar surface area (TPSA) is 111 Å². The second kappa shape index (κ2) is 8.65. The molecule has 0 heterocycles. The van der Waals surface area contributed by atoms with Crippen LogP contribution in [0.4, 0.5) is 17.1 Å². The molecule has 0 aliphatic rings. The first-order valence-corrected chi connectivity index (χ1v) is 7.88. The van der Waals surface area contributed by atoms with E-state index in [0.717, 1.165) is 5.69 Å². The number of rotatable bonds is 7. The Kier molecular flexibility index (Phi) is 6.32. The van der Waals surface area contributed by atoms with Crippen molar-refractivity contribution >= 4 is 28.9 Å². The zero-order chi connectivity index (χ0) is 20.0. The third kappa shape index (κ3) is 5.18. The highest BCUT2D eigenvalue weighted by molar-refractivity contribution is 5.96. The molecule has 142 valence electrons. The van der Waals surface area contributed by atoms with E-state index in [1.54, 1.807) is 24.3 Å². The van der Waals surface area contributed by atoms with Crippen LogP contribution in [-0.2, 0) is 9.53 Å². The average Bonchev–Trinajstić information content (AvgIpc) is 2.66. The Morgan fingerprint density at radius 1 is 1.15 bits per heavy atom. The van der Waals surface area contributed by atoms with Crippen molar-refractivity contribution in [3.05, 3.63) is 58.1 Å². The van der Waals surface area contributed by atoms with Gasteiger partial charge in [-0.3, -0.25) is 14.9 Å². The van der Waals surface area contributed by atoms with Gasteiger partial charge in [-0.1, -0.05) is 0 Å². The van der Waals surface area contributed by atoms with E-state index < -0.39 is 23.4 Å². The summed E-state index contributed by atoms with van der Waals surface area (Å²) in [5.41, 5.74) is 1.13. The lowest BCUT2D eigenvalue weighted by Crippen LogP contribution is -2.21. The summed E-state index contributed by atoms with van der Waals surface area (Å²) in [5.74, 6) is -1.05. The van der Waals surface area contributed by atoms with Gasteiger partial charge >= 0.3 is 5.97 Å². The predicted molar refractivity (Wildman–Crippen MR) is 99.3 cm³/mol. The van der Waals surface area contributed by atoms with Gasteiger partial charge in [-0.05, 0) is 30.3 Å². The van der Waals surface area contributed by atoms with E-state index in [2.05, 4.69) is 5.32 Å². The van der Waals surface area contributed by atoms with Crippen molar-refractivity contribution in [3.63, 3.8) is 0 Å². The maximum absolute atomic E-state index is 12.0. The molecular formula is C18H19N3O6. The van der Waals surface area contributed by atoms with Crippen LogP contribution in [0.2, 0.25) is 0 Å². The number of hydrogen-bond acceptors (Lipinski definition) is 7. The molecule has 9 nitrogen and oxygen atoms in total. The molecule has 0 fully saturated rings. The molecule has 0 aromatic heterocycles. The number of amides is 1. The molecule has 2 aromatic rings. The standard InChI is InChI=1S/C18H19N3O6/c1-20(2)13-6-4-12(5-7-13)18(23)27-11-17(22)19-15-10-14(21(24)25)8-9-16(15)26-3/h4-10H,11H2,1-3H3,(H,19,22). The van der Waals surface area contributed by atoms with Crippen LogP contribution in [0.5, 0.6) is 5.75 Å². The number of carbonyl (C=O) groups is 2. The molecule has 0 bridgehead atoms. The van der Waals surface area contributed by atoms with E-state index in [1.165, 1.54) is 25.3 Å². The van der Waals surface area contributed by atoms with Gasteiger partial charge in [0.2, 0.25) is 0 Å². The number of nitrogens with zero attached hydrogens (tertiary/aromatic N) is 2. The molecule has 0 radical (unpaired) electrons. The van der Waals surface area contributed by atoms with Gasteiger partial charge in [0.15, 0.2) is 6.61 Å². The Balaban J connectivity index is 1.98. The fourth-order valence-electron chi connectivity index (χ4n) is 2.20. The maximum atomic E-state index is 12.0. The van der Waals surface area contributed by atoms with E-state index in [9.17, 15) is 19.7 Å². The zero-order valence-corrected chi connectivity index (χ0v) is 15.1. The number of ether oxygens (including phenoxy) is 2. The lowest BCUT2D eigenvalue weighted by Gasteiger charge is -2.12. The third-order valence-corrected chi connectivity index (χ3v) is 3.62. The molecule has 0 atom stereocenters. The first-order chi connectivity index (χ1) is 12.8. The molecule has 0 saturated carbocycles. The number of benzene rings is 2. The third-order valence-electron chi connectivity index (χ3n) is 3.62. The highest BCUT2D eigenvalue weighted by Gasteiger charge is 2.15. The normalized spacial score (nSPS) is 10.0. The molecule has 2 rings (SSSR count). The van der Waals surface area contributed by atoms with E-state index in [1.807, 2.05) is 19.0 Å². The van der Waals surface area contributed by atoms with Gasteiger partial charge in [0.25, 0.3) is 11.6 Å². The van der Waals surface area contributed by atoms with E-state index in [-0.39, 0.29) is 17.1 Å². The van der Waals surface area contributed by atoms with Crippen molar-refractivity contribution in [2.24, 2.45) is 0 Å². The summed E-state index contributed by atoms with van der Waals surface area (Å²) < 4.78 is 10.0. The summed E-state index contributed by atoms with van der Waals surface area (Å²) in [6.07, 6.45) is 0.